The zero-order valence-corrected chi connectivity index (χ0v) is 16.2. The number of aromatic amines is 1. The van der Waals surface area contributed by atoms with Gasteiger partial charge in [-0.3, -0.25) is 14.4 Å². The van der Waals surface area contributed by atoms with Crippen molar-refractivity contribution in [2.24, 2.45) is 0 Å². The first-order valence-electron chi connectivity index (χ1n) is 9.41. The van der Waals surface area contributed by atoms with Gasteiger partial charge in [0.15, 0.2) is 0 Å². The summed E-state index contributed by atoms with van der Waals surface area (Å²) in [5.74, 6) is -1.42. The molecule has 29 heavy (non-hydrogen) atoms. The van der Waals surface area contributed by atoms with E-state index in [4.69, 9.17) is 0 Å². The van der Waals surface area contributed by atoms with E-state index in [1.807, 2.05) is 19.9 Å². The summed E-state index contributed by atoms with van der Waals surface area (Å²) in [7, 11) is 0. The highest BCUT2D eigenvalue weighted by Crippen LogP contribution is 2.18. The molecule has 0 spiro atoms. The van der Waals surface area contributed by atoms with Gasteiger partial charge < -0.3 is 15.2 Å². The number of H-pyrrole nitrogens is 1. The van der Waals surface area contributed by atoms with Gasteiger partial charge in [-0.05, 0) is 49.1 Å². The molecule has 6 nitrogen and oxygen atoms in total. The van der Waals surface area contributed by atoms with Crippen molar-refractivity contribution in [3.63, 3.8) is 0 Å². The van der Waals surface area contributed by atoms with Crippen LogP contribution >= 0.6 is 0 Å². The third-order valence-electron chi connectivity index (χ3n) is 4.78. The van der Waals surface area contributed by atoms with E-state index in [-0.39, 0.29) is 11.5 Å². The summed E-state index contributed by atoms with van der Waals surface area (Å²) in [6.45, 7) is 4.71. The molecule has 1 atom stereocenters. The lowest BCUT2D eigenvalue weighted by molar-refractivity contribution is -0.133. The fourth-order valence-corrected chi connectivity index (χ4v) is 3.20. The Labute approximate surface area is 167 Å². The largest absolute Gasteiger partial charge is 0.341 e. The molecule has 2 aromatic carbocycles. The number of aromatic nitrogens is 1. The molecule has 0 saturated heterocycles. The second kappa shape index (κ2) is 8.68. The standard InChI is InChI=1S/C22H22FN3O3/c1-3-26(4-2)22(29)19(14-8-6-5-7-9-14)25-21(28)17-12-15-10-11-16(23)13-18(15)24-20(17)27/h5-13,19H,3-4H2,1-2H3,(H,24,27)(H,25,28). The predicted molar refractivity (Wildman–Crippen MR) is 109 cm³/mol. The molecule has 3 aromatic rings. The Morgan fingerprint density at radius 3 is 2.41 bits per heavy atom. The number of carbonyl (C=O) groups is 2. The van der Waals surface area contributed by atoms with Crippen molar-refractivity contribution in [1.82, 2.24) is 15.2 Å². The van der Waals surface area contributed by atoms with E-state index in [0.717, 1.165) is 0 Å². The first-order valence-corrected chi connectivity index (χ1v) is 9.41. The number of rotatable bonds is 6. The highest BCUT2D eigenvalue weighted by Gasteiger charge is 2.27. The molecule has 0 radical (unpaired) electrons. The van der Waals surface area contributed by atoms with Crippen molar-refractivity contribution >= 4 is 22.7 Å². The van der Waals surface area contributed by atoms with Crippen LogP contribution in [0.5, 0.6) is 0 Å². The minimum absolute atomic E-state index is 0.141. The van der Waals surface area contributed by atoms with Crippen LogP contribution in [0.4, 0.5) is 4.39 Å². The number of amides is 2. The maximum absolute atomic E-state index is 13.4. The number of nitrogens with one attached hydrogen (secondary N) is 2. The fraction of sp³-hybridized carbons (Fsp3) is 0.227. The SMILES string of the molecule is CCN(CC)C(=O)C(NC(=O)c1cc2ccc(F)cc2[nH]c1=O)c1ccccc1. The minimum Gasteiger partial charge on any atom is -0.341 e. The third-order valence-corrected chi connectivity index (χ3v) is 4.78. The Bertz CT molecular complexity index is 1090. The predicted octanol–water partition coefficient (Wildman–Crippen LogP) is 3.01. The van der Waals surface area contributed by atoms with Gasteiger partial charge in [-0.25, -0.2) is 4.39 Å². The highest BCUT2D eigenvalue weighted by atomic mass is 19.1. The zero-order valence-electron chi connectivity index (χ0n) is 16.2. The van der Waals surface area contributed by atoms with E-state index in [0.29, 0.717) is 29.6 Å². The molecule has 7 heteroatoms. The number of fused-ring (bicyclic) bond motifs is 1. The summed E-state index contributed by atoms with van der Waals surface area (Å²) < 4.78 is 13.4. The normalized spacial score (nSPS) is 11.8. The van der Waals surface area contributed by atoms with Gasteiger partial charge in [0.2, 0.25) is 5.91 Å². The van der Waals surface area contributed by atoms with Crippen LogP contribution in [0.15, 0.2) is 59.4 Å². The smallest absolute Gasteiger partial charge is 0.261 e. The lowest BCUT2D eigenvalue weighted by Crippen LogP contribution is -2.43. The average molecular weight is 395 g/mol. The number of halogens is 1. The Hall–Kier alpha value is -3.48. The number of carbonyl (C=O) groups excluding carboxylic acids is 2. The molecule has 0 fully saturated rings. The molecular formula is C22H22FN3O3. The quantitative estimate of drug-likeness (QED) is 0.673. The molecule has 0 bridgehead atoms. The van der Waals surface area contributed by atoms with Crippen LogP contribution in [-0.4, -0.2) is 34.8 Å². The molecule has 150 valence electrons. The van der Waals surface area contributed by atoms with E-state index in [2.05, 4.69) is 10.3 Å². The van der Waals surface area contributed by atoms with Gasteiger partial charge in [-0.2, -0.15) is 0 Å². The van der Waals surface area contributed by atoms with E-state index in [1.54, 1.807) is 29.2 Å². The van der Waals surface area contributed by atoms with Crippen molar-refractivity contribution in [2.75, 3.05) is 13.1 Å². The molecule has 0 saturated carbocycles. The molecule has 2 amide bonds. The van der Waals surface area contributed by atoms with Crippen LogP contribution in [-0.2, 0) is 4.79 Å². The molecule has 0 aliphatic rings. The minimum atomic E-state index is -0.924. The number of hydrogen-bond donors (Lipinski definition) is 2. The maximum atomic E-state index is 13.4. The lowest BCUT2D eigenvalue weighted by atomic mass is 10.0. The zero-order chi connectivity index (χ0) is 21.0. The van der Waals surface area contributed by atoms with Gasteiger partial charge in [0, 0.05) is 13.1 Å². The van der Waals surface area contributed by atoms with Gasteiger partial charge in [0.1, 0.15) is 17.4 Å². The summed E-state index contributed by atoms with van der Waals surface area (Å²) in [5, 5.41) is 3.21. The number of nitrogens with zero attached hydrogens (tertiary/aromatic N) is 1. The Morgan fingerprint density at radius 2 is 1.76 bits per heavy atom. The van der Waals surface area contributed by atoms with E-state index in [1.165, 1.54) is 24.3 Å². The Kier molecular flexibility index (Phi) is 6.07. The second-order valence-corrected chi connectivity index (χ2v) is 6.57. The van der Waals surface area contributed by atoms with E-state index in [9.17, 15) is 18.8 Å². The van der Waals surface area contributed by atoms with Gasteiger partial charge in [-0.15, -0.1) is 0 Å². The summed E-state index contributed by atoms with van der Waals surface area (Å²) in [4.78, 5) is 42.4. The molecule has 0 aliphatic carbocycles. The monoisotopic (exact) mass is 395 g/mol. The number of likely N-dealkylation sites (N-methyl/N-ethyl adjacent to an activating group) is 1. The second-order valence-electron chi connectivity index (χ2n) is 6.57. The molecule has 1 aromatic heterocycles. The summed E-state index contributed by atoms with van der Waals surface area (Å²) >= 11 is 0. The lowest BCUT2D eigenvalue weighted by Gasteiger charge is -2.26. The number of hydrogen-bond acceptors (Lipinski definition) is 3. The van der Waals surface area contributed by atoms with E-state index < -0.39 is 23.3 Å². The van der Waals surface area contributed by atoms with Gasteiger partial charge in [0.25, 0.3) is 11.5 Å². The molecule has 1 heterocycles. The van der Waals surface area contributed by atoms with Crippen molar-refractivity contribution in [2.45, 2.75) is 19.9 Å². The molecular weight excluding hydrogens is 373 g/mol. The summed E-state index contributed by atoms with van der Waals surface area (Å²) in [5.41, 5.74) is 0.127. The van der Waals surface area contributed by atoms with Crippen LogP contribution < -0.4 is 10.9 Å². The Balaban J connectivity index is 1.97. The fourth-order valence-electron chi connectivity index (χ4n) is 3.20. The van der Waals surface area contributed by atoms with Gasteiger partial charge >= 0.3 is 0 Å². The van der Waals surface area contributed by atoms with Crippen LogP contribution in [0.25, 0.3) is 10.9 Å². The van der Waals surface area contributed by atoms with Crippen LogP contribution in [0.3, 0.4) is 0 Å². The average Bonchev–Trinajstić information content (AvgIpc) is 2.72. The van der Waals surface area contributed by atoms with Crippen molar-refractivity contribution in [3.05, 3.63) is 81.9 Å². The molecule has 1 unspecified atom stereocenters. The summed E-state index contributed by atoms with van der Waals surface area (Å²) in [6, 6.07) is 13.3. The molecule has 2 N–H and O–H groups in total. The molecule has 0 aliphatic heterocycles. The van der Waals surface area contributed by atoms with E-state index >= 15 is 0 Å². The van der Waals surface area contributed by atoms with Crippen molar-refractivity contribution in [1.29, 1.82) is 0 Å². The molecule has 3 rings (SSSR count). The highest BCUT2D eigenvalue weighted by molar-refractivity contribution is 5.99. The van der Waals surface area contributed by atoms with Crippen LogP contribution in [0.1, 0.15) is 35.8 Å². The van der Waals surface area contributed by atoms with Crippen LogP contribution in [0, 0.1) is 5.82 Å². The number of pyridine rings is 1. The maximum Gasteiger partial charge on any atom is 0.261 e. The first kappa shape index (κ1) is 20.3. The van der Waals surface area contributed by atoms with Crippen molar-refractivity contribution in [3.8, 4) is 0 Å². The number of benzene rings is 2. The van der Waals surface area contributed by atoms with Gasteiger partial charge in [-0.1, -0.05) is 30.3 Å². The Morgan fingerprint density at radius 1 is 1.07 bits per heavy atom. The van der Waals surface area contributed by atoms with Crippen LogP contribution in [0.2, 0.25) is 0 Å². The topological polar surface area (TPSA) is 82.3 Å². The third kappa shape index (κ3) is 4.34. The van der Waals surface area contributed by atoms with Crippen molar-refractivity contribution < 1.29 is 14.0 Å². The summed E-state index contributed by atoms with van der Waals surface area (Å²) in [6.07, 6.45) is 0. The first-order chi connectivity index (χ1) is 13.9. The van der Waals surface area contributed by atoms with Gasteiger partial charge in [0.05, 0.1) is 5.52 Å².